The number of aromatic amines is 1. The molecular formula is C12H13NOS2. The third-order valence-corrected chi connectivity index (χ3v) is 3.37. The molecule has 2 nitrogen and oxygen atoms in total. The van der Waals surface area contributed by atoms with Crippen molar-refractivity contribution in [2.75, 3.05) is 6.61 Å². The predicted octanol–water partition coefficient (Wildman–Crippen LogP) is 4.18. The van der Waals surface area contributed by atoms with Gasteiger partial charge < -0.3 is 9.72 Å². The molecule has 0 fully saturated rings. The van der Waals surface area contributed by atoms with E-state index in [0.717, 1.165) is 26.5 Å². The van der Waals surface area contributed by atoms with E-state index in [2.05, 4.69) is 18.0 Å². The standard InChI is InChI=1S/C12H13NOS2/c1-3-14-11-5-4-9(6-8(11)2)10-7-16-12(15)13-10/h4-7H,3H2,1-2H3,(H,13,15). The average Bonchev–Trinajstić information content (AvgIpc) is 2.68. The van der Waals surface area contributed by atoms with Crippen molar-refractivity contribution in [3.05, 3.63) is 33.1 Å². The first-order chi connectivity index (χ1) is 7.70. The van der Waals surface area contributed by atoms with Crippen molar-refractivity contribution >= 4 is 23.6 Å². The summed E-state index contributed by atoms with van der Waals surface area (Å²) in [6.07, 6.45) is 0. The summed E-state index contributed by atoms with van der Waals surface area (Å²) in [7, 11) is 0. The molecule has 2 aromatic rings. The Morgan fingerprint density at radius 3 is 2.81 bits per heavy atom. The van der Waals surface area contributed by atoms with Crippen LogP contribution in [0.15, 0.2) is 23.6 Å². The fraction of sp³-hybridized carbons (Fsp3) is 0.250. The summed E-state index contributed by atoms with van der Waals surface area (Å²) >= 11 is 6.62. The molecule has 0 radical (unpaired) electrons. The molecule has 4 heteroatoms. The number of hydrogen-bond donors (Lipinski definition) is 1. The second kappa shape index (κ2) is 4.80. The molecule has 0 bridgehead atoms. The minimum atomic E-state index is 0.696. The third kappa shape index (κ3) is 2.33. The van der Waals surface area contributed by atoms with E-state index in [1.165, 1.54) is 0 Å². The largest absolute Gasteiger partial charge is 0.494 e. The molecule has 0 aliphatic rings. The number of benzene rings is 1. The van der Waals surface area contributed by atoms with Gasteiger partial charge >= 0.3 is 0 Å². The number of aromatic nitrogens is 1. The first-order valence-electron chi connectivity index (χ1n) is 5.12. The Labute approximate surface area is 104 Å². The number of hydrogen-bond acceptors (Lipinski definition) is 3. The zero-order valence-corrected chi connectivity index (χ0v) is 10.9. The Balaban J connectivity index is 2.37. The number of H-pyrrole nitrogens is 1. The number of nitrogens with one attached hydrogen (secondary N) is 1. The fourth-order valence-corrected chi connectivity index (χ4v) is 2.40. The number of ether oxygens (including phenoxy) is 1. The molecule has 16 heavy (non-hydrogen) atoms. The van der Waals surface area contributed by atoms with Gasteiger partial charge in [-0.2, -0.15) is 0 Å². The van der Waals surface area contributed by atoms with Crippen LogP contribution >= 0.6 is 23.6 Å². The van der Waals surface area contributed by atoms with Crippen LogP contribution in [0.2, 0.25) is 0 Å². The summed E-state index contributed by atoms with van der Waals surface area (Å²) in [6.45, 7) is 4.74. The van der Waals surface area contributed by atoms with E-state index < -0.39 is 0 Å². The predicted molar refractivity (Wildman–Crippen MR) is 70.8 cm³/mol. The Kier molecular flexibility index (Phi) is 3.41. The fourth-order valence-electron chi connectivity index (χ4n) is 1.56. The van der Waals surface area contributed by atoms with Gasteiger partial charge in [-0.15, -0.1) is 11.3 Å². The summed E-state index contributed by atoms with van der Waals surface area (Å²) in [5, 5.41) is 2.04. The van der Waals surface area contributed by atoms with Gasteiger partial charge in [0, 0.05) is 5.38 Å². The second-order valence-electron chi connectivity index (χ2n) is 3.48. The van der Waals surface area contributed by atoms with Gasteiger partial charge in [0.2, 0.25) is 0 Å². The van der Waals surface area contributed by atoms with Gasteiger partial charge in [-0.3, -0.25) is 0 Å². The van der Waals surface area contributed by atoms with Gasteiger partial charge in [-0.05, 0) is 55.4 Å². The van der Waals surface area contributed by atoms with Gasteiger partial charge in [0.1, 0.15) is 5.75 Å². The molecule has 1 heterocycles. The van der Waals surface area contributed by atoms with Crippen LogP contribution in [0.1, 0.15) is 12.5 Å². The third-order valence-electron chi connectivity index (χ3n) is 2.31. The first kappa shape index (κ1) is 11.4. The molecule has 0 amide bonds. The van der Waals surface area contributed by atoms with Crippen molar-refractivity contribution in [2.45, 2.75) is 13.8 Å². The van der Waals surface area contributed by atoms with E-state index in [-0.39, 0.29) is 0 Å². The van der Waals surface area contributed by atoms with Crippen molar-refractivity contribution in [1.29, 1.82) is 0 Å². The monoisotopic (exact) mass is 251 g/mol. The molecule has 1 aromatic carbocycles. The van der Waals surface area contributed by atoms with E-state index >= 15 is 0 Å². The molecule has 0 aliphatic heterocycles. The molecule has 0 atom stereocenters. The highest BCUT2D eigenvalue weighted by Crippen LogP contribution is 2.26. The molecule has 1 N–H and O–H groups in total. The molecule has 84 valence electrons. The Hall–Kier alpha value is -1.13. The van der Waals surface area contributed by atoms with E-state index in [9.17, 15) is 0 Å². The van der Waals surface area contributed by atoms with Crippen LogP contribution in [0.25, 0.3) is 11.3 Å². The van der Waals surface area contributed by atoms with E-state index in [0.29, 0.717) is 6.61 Å². The maximum absolute atomic E-state index is 5.50. The molecule has 0 aliphatic carbocycles. The minimum absolute atomic E-state index is 0.696. The van der Waals surface area contributed by atoms with Crippen LogP contribution in [-0.4, -0.2) is 11.6 Å². The topological polar surface area (TPSA) is 25.0 Å². The van der Waals surface area contributed by atoms with Gasteiger partial charge in [-0.1, -0.05) is 0 Å². The van der Waals surface area contributed by atoms with Gasteiger partial charge in [0.25, 0.3) is 0 Å². The summed E-state index contributed by atoms with van der Waals surface area (Å²) in [5.41, 5.74) is 3.36. The van der Waals surface area contributed by atoms with E-state index in [1.807, 2.05) is 24.4 Å². The second-order valence-corrected chi connectivity index (χ2v) is 5.02. The zero-order valence-electron chi connectivity index (χ0n) is 9.24. The van der Waals surface area contributed by atoms with Gasteiger partial charge in [0.15, 0.2) is 3.95 Å². The van der Waals surface area contributed by atoms with Crippen molar-refractivity contribution in [3.8, 4) is 17.0 Å². The number of thiazole rings is 1. The van der Waals surface area contributed by atoms with Crippen molar-refractivity contribution in [2.24, 2.45) is 0 Å². The van der Waals surface area contributed by atoms with Crippen molar-refractivity contribution < 1.29 is 4.74 Å². The van der Waals surface area contributed by atoms with Crippen LogP contribution in [0, 0.1) is 10.9 Å². The SMILES string of the molecule is CCOc1ccc(-c2csc(=S)[nH]2)cc1C. The lowest BCUT2D eigenvalue weighted by Gasteiger charge is -2.08. The smallest absolute Gasteiger partial charge is 0.158 e. The Morgan fingerprint density at radius 1 is 1.44 bits per heavy atom. The van der Waals surface area contributed by atoms with E-state index in [4.69, 9.17) is 17.0 Å². The summed E-state index contributed by atoms with van der Waals surface area (Å²) in [5.74, 6) is 0.945. The van der Waals surface area contributed by atoms with Crippen molar-refractivity contribution in [1.82, 2.24) is 4.98 Å². The molecule has 0 saturated heterocycles. The summed E-state index contributed by atoms with van der Waals surface area (Å²) in [4.78, 5) is 3.16. The Morgan fingerprint density at radius 2 is 2.25 bits per heavy atom. The summed E-state index contributed by atoms with van der Waals surface area (Å²) < 4.78 is 6.31. The van der Waals surface area contributed by atoms with Crippen LogP contribution < -0.4 is 4.74 Å². The van der Waals surface area contributed by atoms with E-state index in [1.54, 1.807) is 11.3 Å². The molecule has 0 saturated carbocycles. The summed E-state index contributed by atoms with van der Waals surface area (Å²) in [6, 6.07) is 6.16. The minimum Gasteiger partial charge on any atom is -0.494 e. The molecule has 0 unspecified atom stereocenters. The lowest BCUT2D eigenvalue weighted by molar-refractivity contribution is 0.338. The maximum atomic E-state index is 5.50. The average molecular weight is 251 g/mol. The first-order valence-corrected chi connectivity index (χ1v) is 6.41. The number of aryl methyl sites for hydroxylation is 1. The quantitative estimate of drug-likeness (QED) is 0.828. The Bertz CT molecular complexity index is 542. The zero-order chi connectivity index (χ0) is 11.5. The molecule has 0 spiro atoms. The highest BCUT2D eigenvalue weighted by molar-refractivity contribution is 7.73. The van der Waals surface area contributed by atoms with Crippen LogP contribution in [0.5, 0.6) is 5.75 Å². The lowest BCUT2D eigenvalue weighted by Crippen LogP contribution is -1.93. The highest BCUT2D eigenvalue weighted by Gasteiger charge is 2.03. The van der Waals surface area contributed by atoms with Crippen LogP contribution in [0.4, 0.5) is 0 Å². The highest BCUT2D eigenvalue weighted by atomic mass is 32.1. The van der Waals surface area contributed by atoms with Crippen molar-refractivity contribution in [3.63, 3.8) is 0 Å². The van der Waals surface area contributed by atoms with Gasteiger partial charge in [-0.25, -0.2) is 0 Å². The maximum Gasteiger partial charge on any atom is 0.158 e. The van der Waals surface area contributed by atoms with Gasteiger partial charge in [0.05, 0.1) is 12.3 Å². The number of rotatable bonds is 3. The molecular weight excluding hydrogens is 238 g/mol. The normalized spacial score (nSPS) is 10.4. The lowest BCUT2D eigenvalue weighted by atomic mass is 10.1. The molecule has 2 rings (SSSR count). The molecule has 1 aromatic heterocycles. The van der Waals surface area contributed by atoms with Crippen LogP contribution in [-0.2, 0) is 0 Å². The van der Waals surface area contributed by atoms with Crippen LogP contribution in [0.3, 0.4) is 0 Å².